The third kappa shape index (κ3) is 4.75. The minimum atomic E-state index is -3.37. The average Bonchev–Trinajstić information content (AvgIpc) is 3.18. The first-order chi connectivity index (χ1) is 16.0. The largest absolute Gasteiger partial charge is 0.481 e. The number of aliphatic hydroxyl groups excluding tert-OH is 1. The van der Waals surface area contributed by atoms with E-state index in [4.69, 9.17) is 4.74 Å². The van der Waals surface area contributed by atoms with E-state index in [1.165, 1.54) is 0 Å². The van der Waals surface area contributed by atoms with Gasteiger partial charge in [-0.05, 0) is 32.1 Å². The van der Waals surface area contributed by atoms with E-state index < -0.39 is 10.2 Å². The van der Waals surface area contributed by atoms with Crippen molar-refractivity contribution >= 4 is 22.0 Å². The molecular weight excluding hydrogens is 448 g/mol. The van der Waals surface area contributed by atoms with Crippen LogP contribution in [0.3, 0.4) is 0 Å². The second-order valence-corrected chi connectivity index (χ2v) is 11.2. The Bertz CT molecular complexity index is 932. The molecule has 5 atom stereocenters. The topological polar surface area (TPSA) is 144 Å². The Balaban J connectivity index is 1.27. The van der Waals surface area contributed by atoms with Crippen molar-refractivity contribution in [1.29, 1.82) is 0 Å². The van der Waals surface area contributed by atoms with E-state index in [0.717, 1.165) is 38.5 Å². The highest BCUT2D eigenvalue weighted by molar-refractivity contribution is 7.86. The summed E-state index contributed by atoms with van der Waals surface area (Å²) in [6.45, 7) is 1.33. The van der Waals surface area contributed by atoms with Gasteiger partial charge in [0.1, 0.15) is 5.82 Å². The number of aromatic nitrogens is 2. The molecule has 4 aliphatic rings. The zero-order valence-electron chi connectivity index (χ0n) is 18.9. The van der Waals surface area contributed by atoms with Crippen LogP contribution >= 0.6 is 0 Å². The maximum Gasteiger partial charge on any atom is 0.282 e. The van der Waals surface area contributed by atoms with Gasteiger partial charge < -0.3 is 20.5 Å². The van der Waals surface area contributed by atoms with Crippen LogP contribution in [0.25, 0.3) is 0 Å². The molecule has 4 aliphatic heterocycles. The Kier molecular flexibility index (Phi) is 6.60. The predicted molar refractivity (Wildman–Crippen MR) is 123 cm³/mol. The highest BCUT2D eigenvalue weighted by Gasteiger charge is 2.47. The molecule has 1 aromatic heterocycles. The van der Waals surface area contributed by atoms with E-state index in [-0.39, 0.29) is 36.9 Å². The van der Waals surface area contributed by atoms with Crippen LogP contribution in [0.15, 0.2) is 6.07 Å². The number of hydrogen-bond donors (Lipinski definition) is 5. The van der Waals surface area contributed by atoms with Gasteiger partial charge in [0.15, 0.2) is 0 Å². The number of methoxy groups -OCH3 is 1. The Labute approximate surface area is 194 Å². The molecule has 0 radical (unpaired) electrons. The molecule has 5 heterocycles. The minimum Gasteiger partial charge on any atom is -0.481 e. The summed E-state index contributed by atoms with van der Waals surface area (Å²) in [6.07, 6.45) is 5.89. The van der Waals surface area contributed by atoms with Gasteiger partial charge in [-0.1, -0.05) is 6.42 Å². The molecule has 12 nitrogen and oxygen atoms in total. The van der Waals surface area contributed by atoms with Crippen molar-refractivity contribution in [3.8, 4) is 5.88 Å². The van der Waals surface area contributed by atoms with E-state index >= 15 is 0 Å². The summed E-state index contributed by atoms with van der Waals surface area (Å²) in [6, 6.07) is 1.82. The molecule has 33 heavy (non-hydrogen) atoms. The van der Waals surface area contributed by atoms with Crippen LogP contribution in [-0.4, -0.2) is 89.2 Å². The fraction of sp³-hybridized carbons (Fsp3) is 0.800. The van der Waals surface area contributed by atoms with Crippen LogP contribution in [0, 0.1) is 0 Å². The van der Waals surface area contributed by atoms with Gasteiger partial charge in [-0.2, -0.15) is 27.0 Å². The smallest absolute Gasteiger partial charge is 0.282 e. The van der Waals surface area contributed by atoms with Gasteiger partial charge in [-0.3, -0.25) is 5.43 Å². The summed E-state index contributed by atoms with van der Waals surface area (Å²) >= 11 is 0. The third-order valence-corrected chi connectivity index (χ3v) is 9.23. The molecule has 5 rings (SSSR count). The van der Waals surface area contributed by atoms with Gasteiger partial charge >= 0.3 is 0 Å². The van der Waals surface area contributed by atoms with Crippen LogP contribution in [0.2, 0.25) is 0 Å². The zero-order valence-corrected chi connectivity index (χ0v) is 19.7. The van der Waals surface area contributed by atoms with Gasteiger partial charge in [0.25, 0.3) is 10.2 Å². The summed E-state index contributed by atoms with van der Waals surface area (Å²) in [5, 5.41) is 16.1. The van der Waals surface area contributed by atoms with Gasteiger partial charge in [-0.15, -0.1) is 0 Å². The minimum absolute atomic E-state index is 0.00739. The molecule has 184 valence electrons. The highest BCUT2D eigenvalue weighted by atomic mass is 32.2. The van der Waals surface area contributed by atoms with Crippen LogP contribution in [0.5, 0.6) is 5.88 Å². The molecule has 0 aromatic carbocycles. The number of hydrazine groups is 1. The lowest BCUT2D eigenvalue weighted by Crippen LogP contribution is -2.62. The first-order valence-electron chi connectivity index (χ1n) is 11.8. The van der Waals surface area contributed by atoms with E-state index in [1.54, 1.807) is 21.8 Å². The van der Waals surface area contributed by atoms with Crippen molar-refractivity contribution in [2.24, 2.45) is 0 Å². The molecule has 3 unspecified atom stereocenters. The molecule has 5 N–H and O–H groups in total. The maximum absolute atomic E-state index is 13.1. The van der Waals surface area contributed by atoms with Gasteiger partial charge in [0, 0.05) is 49.7 Å². The SMILES string of the molecule is COc1cc(NC2CC(CO)NN2)nc(NC2C[C@H]3CCC[C@@H](C2)N3S(=O)(=O)N2CCC2)n1. The van der Waals surface area contributed by atoms with Gasteiger partial charge in [-0.25, -0.2) is 5.43 Å². The average molecular weight is 483 g/mol. The lowest BCUT2D eigenvalue weighted by atomic mass is 9.84. The number of aliphatic hydroxyl groups is 1. The Hall–Kier alpha value is -1.77. The molecule has 0 spiro atoms. The van der Waals surface area contributed by atoms with Gasteiger partial charge in [0.2, 0.25) is 11.8 Å². The van der Waals surface area contributed by atoms with Crippen molar-refractivity contribution in [1.82, 2.24) is 29.4 Å². The molecule has 13 heteroatoms. The fourth-order valence-electron chi connectivity index (χ4n) is 5.35. The van der Waals surface area contributed by atoms with Gasteiger partial charge in [0.05, 0.1) is 19.9 Å². The van der Waals surface area contributed by atoms with Crippen molar-refractivity contribution in [3.63, 3.8) is 0 Å². The Morgan fingerprint density at radius 2 is 1.88 bits per heavy atom. The molecule has 2 bridgehead atoms. The predicted octanol–water partition coefficient (Wildman–Crippen LogP) is -0.170. The van der Waals surface area contributed by atoms with Crippen molar-refractivity contribution in [2.75, 3.05) is 37.4 Å². The molecule has 4 fully saturated rings. The number of piperidine rings is 2. The third-order valence-electron chi connectivity index (χ3n) is 7.08. The quantitative estimate of drug-likeness (QED) is 0.339. The summed E-state index contributed by atoms with van der Waals surface area (Å²) in [7, 11) is -1.81. The first kappa shape index (κ1) is 23.0. The summed E-state index contributed by atoms with van der Waals surface area (Å²) in [5.74, 6) is 1.52. The number of nitrogens with zero attached hydrogens (tertiary/aromatic N) is 4. The lowest BCUT2D eigenvalue weighted by molar-refractivity contribution is 0.102. The van der Waals surface area contributed by atoms with E-state index in [9.17, 15) is 13.5 Å². The second-order valence-electron chi connectivity index (χ2n) is 9.36. The number of ether oxygens (including phenoxy) is 1. The van der Waals surface area contributed by atoms with Crippen molar-refractivity contribution in [3.05, 3.63) is 6.07 Å². The summed E-state index contributed by atoms with van der Waals surface area (Å²) < 4.78 is 35.1. The van der Waals surface area contributed by atoms with E-state index in [2.05, 4.69) is 31.5 Å². The Morgan fingerprint density at radius 1 is 1.12 bits per heavy atom. The lowest BCUT2D eigenvalue weighted by Gasteiger charge is -2.50. The van der Waals surface area contributed by atoms with Crippen LogP contribution in [-0.2, 0) is 10.2 Å². The van der Waals surface area contributed by atoms with Crippen LogP contribution < -0.4 is 26.2 Å². The molecule has 0 amide bonds. The Morgan fingerprint density at radius 3 is 2.48 bits per heavy atom. The second kappa shape index (κ2) is 9.47. The van der Waals surface area contributed by atoms with Crippen molar-refractivity contribution in [2.45, 2.75) is 75.3 Å². The molecule has 1 aromatic rings. The zero-order chi connectivity index (χ0) is 23.0. The monoisotopic (exact) mass is 482 g/mol. The van der Waals surface area contributed by atoms with Crippen LogP contribution in [0.4, 0.5) is 11.8 Å². The number of fused-ring (bicyclic) bond motifs is 2. The molecule has 0 aliphatic carbocycles. The van der Waals surface area contributed by atoms with Crippen LogP contribution in [0.1, 0.15) is 44.9 Å². The molecule has 0 saturated carbocycles. The maximum atomic E-state index is 13.1. The normalized spacial score (nSPS) is 32.8. The highest BCUT2D eigenvalue weighted by Crippen LogP contribution is 2.38. The summed E-state index contributed by atoms with van der Waals surface area (Å²) in [5.41, 5.74) is 6.13. The number of anilines is 2. The van der Waals surface area contributed by atoms with E-state index in [0.29, 0.717) is 37.2 Å². The number of hydrogen-bond acceptors (Lipinski definition) is 10. The van der Waals surface area contributed by atoms with Crippen molar-refractivity contribution < 1.29 is 18.3 Å². The fourth-order valence-corrected chi connectivity index (χ4v) is 7.47. The standard InChI is InChI=1S/C20H34N8O4S/c1-32-19-11-17(22-18-10-14(12-29)25-26-18)23-20(24-19)21-13-8-15-4-2-5-16(9-13)28(15)33(30,31)27-6-3-7-27/h11,13-16,18,25-26,29H,2-10,12H2,1H3,(H2,21,22,23,24)/t13?,14?,15-,16+,18?. The first-order valence-corrected chi connectivity index (χ1v) is 13.2. The molecule has 4 saturated heterocycles. The molecular formula is C20H34N8O4S. The number of nitrogens with one attached hydrogen (secondary N) is 4. The van der Waals surface area contributed by atoms with E-state index in [1.807, 2.05) is 0 Å². The summed E-state index contributed by atoms with van der Waals surface area (Å²) in [4.78, 5) is 9.08. The number of rotatable bonds is 8.